The number of rotatable bonds is 10. The number of hydrogen-bond donors (Lipinski definition) is 3. The zero-order valence-corrected chi connectivity index (χ0v) is 18.2. The van der Waals surface area contributed by atoms with E-state index in [0.29, 0.717) is 11.3 Å². The highest BCUT2D eigenvalue weighted by Crippen LogP contribution is 2.15. The van der Waals surface area contributed by atoms with Gasteiger partial charge in [0.15, 0.2) is 0 Å². The summed E-state index contributed by atoms with van der Waals surface area (Å²) in [7, 11) is -2.17. The highest BCUT2D eigenvalue weighted by atomic mass is 79.9. The molecule has 0 aromatic heterocycles. The van der Waals surface area contributed by atoms with Crippen molar-refractivity contribution in [1.29, 1.82) is 0 Å². The molecule has 0 heterocycles. The molecule has 0 saturated carbocycles. The molecule has 0 unspecified atom stereocenters. The van der Waals surface area contributed by atoms with Gasteiger partial charge in [-0.2, -0.15) is 0 Å². The summed E-state index contributed by atoms with van der Waals surface area (Å²) in [6.07, 6.45) is 0.0908. The minimum Gasteiger partial charge on any atom is -0.497 e. The lowest BCUT2D eigenvalue weighted by Gasteiger charge is -2.09. The van der Waals surface area contributed by atoms with Gasteiger partial charge in [-0.05, 0) is 48.5 Å². The summed E-state index contributed by atoms with van der Waals surface area (Å²) in [4.78, 5) is 23.9. The standard InChI is InChI=1S/C19H22BrN3O5S/c1-28-16-6-8-17(9-7-16)29(26,27)23-13-12-21-18(24)10-11-22-19(25)14-2-4-15(20)5-3-14/h2-9,23H,10-13H2,1H3,(H,21,24)(H,22,25). The maximum Gasteiger partial charge on any atom is 0.251 e. The smallest absolute Gasteiger partial charge is 0.251 e. The largest absolute Gasteiger partial charge is 0.497 e. The molecule has 2 rings (SSSR count). The van der Waals surface area contributed by atoms with Crippen LogP contribution in [0.4, 0.5) is 0 Å². The lowest BCUT2D eigenvalue weighted by Crippen LogP contribution is -2.36. The number of benzene rings is 2. The van der Waals surface area contributed by atoms with Crippen LogP contribution in [0.15, 0.2) is 57.9 Å². The molecule has 0 fully saturated rings. The molecule has 8 nitrogen and oxygen atoms in total. The SMILES string of the molecule is COc1ccc(S(=O)(=O)NCCNC(=O)CCNC(=O)c2ccc(Br)cc2)cc1. The molecule has 0 aliphatic heterocycles. The van der Waals surface area contributed by atoms with Crippen molar-refractivity contribution in [3.8, 4) is 5.75 Å². The van der Waals surface area contributed by atoms with E-state index in [-0.39, 0.29) is 42.8 Å². The van der Waals surface area contributed by atoms with Crippen LogP contribution in [0.3, 0.4) is 0 Å². The zero-order chi connectivity index (χ0) is 21.3. The first-order valence-electron chi connectivity index (χ1n) is 8.76. The van der Waals surface area contributed by atoms with E-state index in [1.807, 2.05) is 0 Å². The van der Waals surface area contributed by atoms with Crippen LogP contribution in [0.25, 0.3) is 0 Å². The zero-order valence-electron chi connectivity index (χ0n) is 15.8. The van der Waals surface area contributed by atoms with E-state index in [1.165, 1.54) is 19.2 Å². The predicted molar refractivity (Wildman–Crippen MR) is 112 cm³/mol. The van der Waals surface area contributed by atoms with Crippen molar-refractivity contribution >= 4 is 37.8 Å². The third-order valence-corrected chi connectivity index (χ3v) is 5.86. The monoisotopic (exact) mass is 483 g/mol. The van der Waals surface area contributed by atoms with Crippen LogP contribution in [0.1, 0.15) is 16.8 Å². The van der Waals surface area contributed by atoms with E-state index < -0.39 is 10.0 Å². The topological polar surface area (TPSA) is 114 Å². The molecule has 0 spiro atoms. The van der Waals surface area contributed by atoms with Crippen LogP contribution < -0.4 is 20.1 Å². The van der Waals surface area contributed by atoms with Crippen LogP contribution in [0.2, 0.25) is 0 Å². The fraction of sp³-hybridized carbons (Fsp3) is 0.263. The molecule has 2 amide bonds. The number of methoxy groups -OCH3 is 1. The maximum atomic E-state index is 12.2. The first-order chi connectivity index (χ1) is 13.8. The molecule has 0 saturated heterocycles. The molecule has 0 bridgehead atoms. The van der Waals surface area contributed by atoms with Gasteiger partial charge in [-0.25, -0.2) is 13.1 Å². The van der Waals surface area contributed by atoms with Gasteiger partial charge in [0.1, 0.15) is 5.75 Å². The van der Waals surface area contributed by atoms with Gasteiger partial charge < -0.3 is 15.4 Å². The summed E-state index contributed by atoms with van der Waals surface area (Å²) >= 11 is 3.29. The Bertz CT molecular complexity index is 931. The molecule has 2 aromatic carbocycles. The lowest BCUT2D eigenvalue weighted by molar-refractivity contribution is -0.120. The molecule has 0 aliphatic carbocycles. The fourth-order valence-corrected chi connectivity index (χ4v) is 3.60. The number of carbonyl (C=O) groups excluding carboxylic acids is 2. The third-order valence-electron chi connectivity index (χ3n) is 3.85. The lowest BCUT2D eigenvalue weighted by atomic mass is 10.2. The van der Waals surface area contributed by atoms with Gasteiger partial charge in [-0.15, -0.1) is 0 Å². The van der Waals surface area contributed by atoms with Crippen molar-refractivity contribution in [2.75, 3.05) is 26.7 Å². The van der Waals surface area contributed by atoms with Gasteiger partial charge in [-0.3, -0.25) is 9.59 Å². The Hall–Kier alpha value is -2.43. The van der Waals surface area contributed by atoms with Gasteiger partial charge in [0.25, 0.3) is 5.91 Å². The van der Waals surface area contributed by atoms with Gasteiger partial charge >= 0.3 is 0 Å². The average Bonchev–Trinajstić information content (AvgIpc) is 2.71. The van der Waals surface area contributed by atoms with Crippen LogP contribution in [-0.4, -0.2) is 47.0 Å². The Morgan fingerprint density at radius 1 is 0.931 bits per heavy atom. The summed E-state index contributed by atoms with van der Waals surface area (Å²) in [5.41, 5.74) is 0.501. The van der Waals surface area contributed by atoms with E-state index >= 15 is 0 Å². The Morgan fingerprint density at radius 3 is 2.21 bits per heavy atom. The summed E-state index contributed by atoms with van der Waals surface area (Å²) in [5, 5.41) is 5.26. The quantitative estimate of drug-likeness (QED) is 0.444. The van der Waals surface area contributed by atoms with Crippen molar-refractivity contribution in [2.45, 2.75) is 11.3 Å². The van der Waals surface area contributed by atoms with Crippen molar-refractivity contribution in [2.24, 2.45) is 0 Å². The molecule has 156 valence electrons. The average molecular weight is 484 g/mol. The van der Waals surface area contributed by atoms with Gasteiger partial charge in [0, 0.05) is 36.1 Å². The molecule has 0 radical (unpaired) electrons. The highest BCUT2D eigenvalue weighted by Gasteiger charge is 2.13. The Labute approximate surface area is 178 Å². The predicted octanol–water partition coefficient (Wildman–Crippen LogP) is 1.67. The molecular formula is C19H22BrN3O5S. The van der Waals surface area contributed by atoms with E-state index in [4.69, 9.17) is 4.74 Å². The van der Waals surface area contributed by atoms with E-state index in [0.717, 1.165) is 4.47 Å². The second-order valence-electron chi connectivity index (χ2n) is 5.94. The van der Waals surface area contributed by atoms with E-state index in [1.54, 1.807) is 36.4 Å². The normalized spacial score (nSPS) is 11.0. The summed E-state index contributed by atoms with van der Waals surface area (Å²) < 4.78 is 32.6. The van der Waals surface area contributed by atoms with Crippen LogP contribution in [-0.2, 0) is 14.8 Å². The number of carbonyl (C=O) groups is 2. The van der Waals surface area contributed by atoms with Crippen LogP contribution in [0.5, 0.6) is 5.75 Å². The molecule has 29 heavy (non-hydrogen) atoms. The maximum absolute atomic E-state index is 12.2. The number of ether oxygens (including phenoxy) is 1. The Balaban J connectivity index is 1.66. The number of nitrogens with one attached hydrogen (secondary N) is 3. The third kappa shape index (κ3) is 7.48. The molecule has 10 heteroatoms. The summed E-state index contributed by atoms with van der Waals surface area (Å²) in [5.74, 6) is 0.00532. The van der Waals surface area contributed by atoms with Crippen molar-refractivity contribution in [1.82, 2.24) is 15.4 Å². The minimum atomic E-state index is -3.66. The molecule has 0 aliphatic rings. The number of halogens is 1. The van der Waals surface area contributed by atoms with Crippen molar-refractivity contribution in [3.63, 3.8) is 0 Å². The van der Waals surface area contributed by atoms with Gasteiger partial charge in [-0.1, -0.05) is 15.9 Å². The van der Waals surface area contributed by atoms with Gasteiger partial charge in [0.05, 0.1) is 12.0 Å². The summed E-state index contributed by atoms with van der Waals surface area (Å²) in [6.45, 7) is 0.360. The number of hydrogen-bond acceptors (Lipinski definition) is 5. The van der Waals surface area contributed by atoms with Crippen LogP contribution >= 0.6 is 15.9 Å². The second-order valence-corrected chi connectivity index (χ2v) is 8.62. The molecular weight excluding hydrogens is 462 g/mol. The summed E-state index contributed by atoms with van der Waals surface area (Å²) in [6, 6.07) is 12.9. The van der Waals surface area contributed by atoms with E-state index in [9.17, 15) is 18.0 Å². The second kappa shape index (κ2) is 10.9. The fourth-order valence-electron chi connectivity index (χ4n) is 2.31. The molecule has 2 aromatic rings. The Kier molecular flexibility index (Phi) is 8.62. The van der Waals surface area contributed by atoms with Gasteiger partial charge in [0.2, 0.25) is 15.9 Å². The van der Waals surface area contributed by atoms with E-state index in [2.05, 4.69) is 31.3 Å². The number of sulfonamides is 1. The van der Waals surface area contributed by atoms with Crippen molar-refractivity contribution in [3.05, 3.63) is 58.6 Å². The first kappa shape index (κ1) is 22.9. The Morgan fingerprint density at radius 2 is 1.59 bits per heavy atom. The number of amides is 2. The van der Waals surface area contributed by atoms with Crippen LogP contribution in [0, 0.1) is 0 Å². The highest BCUT2D eigenvalue weighted by molar-refractivity contribution is 9.10. The first-order valence-corrected chi connectivity index (χ1v) is 11.0. The minimum absolute atomic E-state index is 0.0470. The molecule has 3 N–H and O–H groups in total. The van der Waals surface area contributed by atoms with Crippen molar-refractivity contribution < 1.29 is 22.7 Å². The molecule has 0 atom stereocenters.